The number of hydrogen-bond donors (Lipinski definition) is 1. The third-order valence-electron chi connectivity index (χ3n) is 7.55. The molecule has 1 aliphatic carbocycles. The maximum absolute atomic E-state index is 13.6. The van der Waals surface area contributed by atoms with Gasteiger partial charge >= 0.3 is 0 Å². The first-order valence-corrected chi connectivity index (χ1v) is 12.5. The molecule has 0 bridgehead atoms. The van der Waals surface area contributed by atoms with Crippen molar-refractivity contribution in [2.24, 2.45) is 0 Å². The number of pyridine rings is 1. The number of nitrogens with one attached hydrogen (secondary N) is 1. The number of aryl methyl sites for hydroxylation is 2. The lowest BCUT2D eigenvalue weighted by Crippen LogP contribution is -2.39. The van der Waals surface area contributed by atoms with E-state index in [4.69, 9.17) is 0 Å². The van der Waals surface area contributed by atoms with E-state index in [1.54, 1.807) is 0 Å². The third kappa shape index (κ3) is 3.59. The summed E-state index contributed by atoms with van der Waals surface area (Å²) >= 11 is 0. The van der Waals surface area contributed by atoms with Crippen LogP contribution in [0.1, 0.15) is 73.1 Å². The number of tetrazole rings is 1. The molecule has 3 heterocycles. The highest BCUT2D eigenvalue weighted by Crippen LogP contribution is 2.38. The Morgan fingerprint density at radius 2 is 1.88 bits per heavy atom. The van der Waals surface area contributed by atoms with Crippen LogP contribution in [0.3, 0.4) is 0 Å². The molecule has 1 N–H and O–H groups in total. The van der Waals surface area contributed by atoms with Crippen molar-refractivity contribution >= 4 is 16.6 Å². The van der Waals surface area contributed by atoms with Gasteiger partial charge in [0.2, 0.25) is 0 Å². The summed E-state index contributed by atoms with van der Waals surface area (Å²) in [7, 11) is 0. The van der Waals surface area contributed by atoms with Crippen LogP contribution in [0.2, 0.25) is 0 Å². The second-order valence-electron chi connectivity index (χ2n) is 9.69. The van der Waals surface area contributed by atoms with E-state index in [2.05, 4.69) is 55.7 Å². The number of aromatic nitrogens is 5. The maximum Gasteiger partial charge on any atom is 0.254 e. The molecule has 1 saturated carbocycles. The second kappa shape index (κ2) is 8.70. The lowest BCUT2D eigenvalue weighted by atomic mass is 9.94. The summed E-state index contributed by atoms with van der Waals surface area (Å²) in [5, 5.41) is 14.2. The molecule has 7 heteroatoms. The SMILES string of the molecule is Cc1cccc2cc([C@@H](c3nnnn3C3CCCCC3)N3CCCc4ccccc43)c(=O)[nH]c12. The van der Waals surface area contributed by atoms with Crippen LogP contribution >= 0.6 is 0 Å². The van der Waals surface area contributed by atoms with Gasteiger partial charge in [-0.15, -0.1) is 5.10 Å². The van der Waals surface area contributed by atoms with Gasteiger partial charge < -0.3 is 9.88 Å². The number of nitrogens with zero attached hydrogens (tertiary/aromatic N) is 5. The van der Waals surface area contributed by atoms with Crippen molar-refractivity contribution in [2.75, 3.05) is 11.4 Å². The number of aromatic amines is 1. The van der Waals surface area contributed by atoms with Crippen molar-refractivity contribution in [1.82, 2.24) is 25.2 Å². The average Bonchev–Trinajstić information content (AvgIpc) is 3.35. The molecule has 7 nitrogen and oxygen atoms in total. The van der Waals surface area contributed by atoms with E-state index in [0.29, 0.717) is 5.56 Å². The molecule has 1 aliphatic heterocycles. The molecule has 2 aliphatic rings. The number of rotatable bonds is 4. The van der Waals surface area contributed by atoms with Gasteiger partial charge in [0.15, 0.2) is 5.82 Å². The van der Waals surface area contributed by atoms with Crippen molar-refractivity contribution in [3.05, 3.63) is 81.4 Å². The van der Waals surface area contributed by atoms with Crippen LogP contribution in [0.5, 0.6) is 0 Å². The molecule has 1 atom stereocenters. The van der Waals surface area contributed by atoms with Gasteiger partial charge in [0.05, 0.1) is 11.6 Å². The van der Waals surface area contributed by atoms with Gasteiger partial charge in [-0.1, -0.05) is 55.7 Å². The molecule has 0 spiro atoms. The molecule has 0 unspecified atom stereocenters. The highest BCUT2D eigenvalue weighted by Gasteiger charge is 2.34. The molecule has 6 rings (SSSR count). The van der Waals surface area contributed by atoms with Gasteiger partial charge in [0.25, 0.3) is 5.56 Å². The molecule has 2 aromatic heterocycles. The summed E-state index contributed by atoms with van der Waals surface area (Å²) in [5.74, 6) is 0.765. The first-order chi connectivity index (χ1) is 16.7. The van der Waals surface area contributed by atoms with Gasteiger partial charge in [0.1, 0.15) is 6.04 Å². The van der Waals surface area contributed by atoms with E-state index < -0.39 is 0 Å². The smallest absolute Gasteiger partial charge is 0.254 e. The Labute approximate surface area is 198 Å². The molecule has 174 valence electrons. The Morgan fingerprint density at radius 3 is 2.76 bits per heavy atom. The fourth-order valence-electron chi connectivity index (χ4n) is 5.85. The Balaban J connectivity index is 1.56. The highest BCUT2D eigenvalue weighted by molar-refractivity contribution is 5.82. The molecule has 4 aromatic rings. The zero-order valence-corrected chi connectivity index (χ0v) is 19.6. The average molecular weight is 455 g/mol. The molecule has 0 radical (unpaired) electrons. The zero-order valence-electron chi connectivity index (χ0n) is 19.6. The fraction of sp³-hybridized carbons (Fsp3) is 0.407. The maximum atomic E-state index is 13.6. The molecule has 34 heavy (non-hydrogen) atoms. The van der Waals surface area contributed by atoms with Crippen LogP contribution < -0.4 is 10.5 Å². The number of anilines is 1. The van der Waals surface area contributed by atoms with Crippen LogP contribution in [-0.2, 0) is 6.42 Å². The van der Waals surface area contributed by atoms with Crippen LogP contribution in [0.25, 0.3) is 10.9 Å². The molecule has 0 saturated heterocycles. The molecular weight excluding hydrogens is 424 g/mol. The number of para-hydroxylation sites is 2. The minimum atomic E-state index is -0.355. The van der Waals surface area contributed by atoms with E-state index in [0.717, 1.165) is 54.5 Å². The number of hydrogen-bond acceptors (Lipinski definition) is 5. The van der Waals surface area contributed by atoms with E-state index >= 15 is 0 Å². The lowest BCUT2D eigenvalue weighted by Gasteiger charge is -2.38. The normalized spacial score (nSPS) is 17.6. The lowest BCUT2D eigenvalue weighted by molar-refractivity contribution is 0.313. The van der Waals surface area contributed by atoms with E-state index in [1.165, 1.54) is 30.5 Å². The second-order valence-corrected chi connectivity index (χ2v) is 9.69. The van der Waals surface area contributed by atoms with Gasteiger partial charge in [-0.25, -0.2) is 4.68 Å². The molecular formula is C27H30N6O. The van der Waals surface area contributed by atoms with Crippen LogP contribution in [0.15, 0.2) is 53.3 Å². The number of H-pyrrole nitrogens is 1. The Kier molecular flexibility index (Phi) is 5.40. The standard InChI is InChI=1S/C27H30N6O/c1-18-9-7-11-20-17-22(27(34)28-24(18)20)25(32-16-8-12-19-10-5-6-15-23(19)32)26-29-30-31-33(26)21-13-3-2-4-14-21/h5-7,9-11,15,17,21,25H,2-4,8,12-14,16H2,1H3,(H,28,34)/t25-/m0/s1. The van der Waals surface area contributed by atoms with Gasteiger partial charge in [-0.05, 0) is 71.7 Å². The topological polar surface area (TPSA) is 79.7 Å². The predicted molar refractivity (Wildman–Crippen MR) is 133 cm³/mol. The Hall–Kier alpha value is -3.48. The minimum absolute atomic E-state index is 0.0759. The van der Waals surface area contributed by atoms with Crippen molar-refractivity contribution in [3.8, 4) is 0 Å². The van der Waals surface area contributed by atoms with Gasteiger partial charge in [0, 0.05) is 17.8 Å². The molecule has 0 amide bonds. The summed E-state index contributed by atoms with van der Waals surface area (Å²) in [6.07, 6.45) is 7.88. The molecule has 2 aromatic carbocycles. The molecule has 1 fully saturated rings. The first kappa shape index (κ1) is 21.1. The van der Waals surface area contributed by atoms with Crippen LogP contribution in [0, 0.1) is 6.92 Å². The summed E-state index contributed by atoms with van der Waals surface area (Å²) in [5.41, 5.74) is 5.05. The predicted octanol–water partition coefficient (Wildman–Crippen LogP) is 4.87. The fourth-order valence-corrected chi connectivity index (χ4v) is 5.85. The van der Waals surface area contributed by atoms with E-state index in [-0.39, 0.29) is 17.6 Å². The summed E-state index contributed by atoms with van der Waals surface area (Å²) in [6, 6.07) is 16.6. The Bertz CT molecular complexity index is 1380. The van der Waals surface area contributed by atoms with Crippen molar-refractivity contribution in [3.63, 3.8) is 0 Å². The quantitative estimate of drug-likeness (QED) is 0.476. The zero-order chi connectivity index (χ0) is 23.1. The number of fused-ring (bicyclic) bond motifs is 2. The first-order valence-electron chi connectivity index (χ1n) is 12.5. The van der Waals surface area contributed by atoms with Crippen molar-refractivity contribution in [2.45, 2.75) is 64.0 Å². The third-order valence-corrected chi connectivity index (χ3v) is 7.55. The largest absolute Gasteiger partial charge is 0.357 e. The monoisotopic (exact) mass is 454 g/mol. The van der Waals surface area contributed by atoms with Crippen molar-refractivity contribution < 1.29 is 0 Å². The van der Waals surface area contributed by atoms with E-state index in [9.17, 15) is 4.79 Å². The van der Waals surface area contributed by atoms with Crippen LogP contribution in [0.4, 0.5) is 5.69 Å². The van der Waals surface area contributed by atoms with Crippen molar-refractivity contribution in [1.29, 1.82) is 0 Å². The Morgan fingerprint density at radius 1 is 1.03 bits per heavy atom. The van der Waals surface area contributed by atoms with E-state index in [1.807, 2.05) is 29.8 Å². The van der Waals surface area contributed by atoms with Gasteiger partial charge in [-0.3, -0.25) is 4.79 Å². The summed E-state index contributed by atoms with van der Waals surface area (Å²) in [6.45, 7) is 2.88. The van der Waals surface area contributed by atoms with Gasteiger partial charge in [-0.2, -0.15) is 0 Å². The summed E-state index contributed by atoms with van der Waals surface area (Å²) < 4.78 is 2.01. The number of benzene rings is 2. The van der Waals surface area contributed by atoms with Crippen LogP contribution in [-0.4, -0.2) is 31.7 Å². The minimum Gasteiger partial charge on any atom is -0.357 e. The summed E-state index contributed by atoms with van der Waals surface area (Å²) in [4.78, 5) is 19.1. The highest BCUT2D eigenvalue weighted by atomic mass is 16.1.